The number of nitrogens with zero attached hydrogens (tertiary/aromatic N) is 2. The fourth-order valence-corrected chi connectivity index (χ4v) is 1.97. The molecule has 0 aromatic heterocycles. The molecule has 11 heteroatoms. The molecule has 0 saturated heterocycles. The van der Waals surface area contributed by atoms with Crippen LogP contribution in [0.3, 0.4) is 0 Å². The third-order valence-corrected chi connectivity index (χ3v) is 3.32. The Morgan fingerprint density at radius 3 is 2.25 bits per heavy atom. The lowest BCUT2D eigenvalue weighted by Gasteiger charge is -2.30. The van der Waals surface area contributed by atoms with E-state index in [0.29, 0.717) is 18.7 Å². The van der Waals surface area contributed by atoms with Crippen LogP contribution >= 0.6 is 0 Å². The molecule has 0 radical (unpaired) electrons. The van der Waals surface area contributed by atoms with Crippen LogP contribution in [0.5, 0.6) is 0 Å². The number of ether oxygens (including phenoxy) is 1. The molecule has 1 aromatic rings. The lowest BCUT2D eigenvalue weighted by molar-refractivity contribution is -0.390. The van der Waals surface area contributed by atoms with Gasteiger partial charge in [-0.15, -0.1) is 0 Å². The standard InChI is InChI=1S/C13H11F7N2O2/c1-22(10-21-4-5-24-10)9-3-2-7(6-8(9)14)11(15,16)12(17,23)13(18,19)20/h2-3,6,23H,4-5H2,1H3. The Labute approximate surface area is 131 Å². The van der Waals surface area contributed by atoms with Gasteiger partial charge < -0.3 is 9.84 Å². The third-order valence-electron chi connectivity index (χ3n) is 3.32. The number of amidine groups is 1. The van der Waals surface area contributed by atoms with Crippen molar-refractivity contribution in [1.29, 1.82) is 0 Å². The number of aliphatic imine (C=N–C) groups is 1. The van der Waals surface area contributed by atoms with E-state index in [2.05, 4.69) is 4.99 Å². The van der Waals surface area contributed by atoms with Gasteiger partial charge in [-0.2, -0.15) is 26.3 Å². The van der Waals surface area contributed by atoms with E-state index in [9.17, 15) is 30.7 Å². The van der Waals surface area contributed by atoms with E-state index in [-0.39, 0.29) is 24.4 Å². The van der Waals surface area contributed by atoms with Crippen molar-refractivity contribution in [2.75, 3.05) is 25.1 Å². The van der Waals surface area contributed by atoms with E-state index < -0.39 is 29.3 Å². The molecule has 0 amide bonds. The summed E-state index contributed by atoms with van der Waals surface area (Å²) in [5, 5.41) is 8.56. The topological polar surface area (TPSA) is 45.1 Å². The van der Waals surface area contributed by atoms with Crippen LogP contribution in [0, 0.1) is 5.82 Å². The minimum Gasteiger partial charge on any atom is -0.463 e. The van der Waals surface area contributed by atoms with Gasteiger partial charge in [0.15, 0.2) is 0 Å². The summed E-state index contributed by atoms with van der Waals surface area (Å²) < 4.78 is 96.4. The first-order chi connectivity index (χ1) is 10.9. The first-order valence-electron chi connectivity index (χ1n) is 6.46. The number of halogens is 7. The van der Waals surface area contributed by atoms with Crippen LogP contribution in [0.4, 0.5) is 36.4 Å². The minimum atomic E-state index is -6.27. The summed E-state index contributed by atoms with van der Waals surface area (Å²) in [6.07, 6.45) is -6.27. The van der Waals surface area contributed by atoms with E-state index in [4.69, 9.17) is 9.84 Å². The van der Waals surface area contributed by atoms with Crippen LogP contribution in [-0.2, 0) is 10.7 Å². The van der Waals surface area contributed by atoms with Crippen LogP contribution < -0.4 is 4.90 Å². The minimum absolute atomic E-state index is 0.00861. The van der Waals surface area contributed by atoms with Gasteiger partial charge >= 0.3 is 18.0 Å². The quantitative estimate of drug-likeness (QED) is 0.843. The molecule has 0 saturated carbocycles. The van der Waals surface area contributed by atoms with Gasteiger partial charge in [-0.1, -0.05) is 6.07 Å². The van der Waals surface area contributed by atoms with E-state index in [1.165, 1.54) is 7.05 Å². The van der Waals surface area contributed by atoms with Crippen molar-refractivity contribution in [3.8, 4) is 0 Å². The molecule has 0 aliphatic carbocycles. The molecule has 134 valence electrons. The molecular formula is C13H11F7N2O2. The molecule has 1 aliphatic rings. The second-order valence-corrected chi connectivity index (χ2v) is 4.93. The van der Waals surface area contributed by atoms with Gasteiger partial charge in [-0.3, -0.25) is 4.90 Å². The molecule has 0 bridgehead atoms. The zero-order valence-electron chi connectivity index (χ0n) is 12.0. The molecule has 2 rings (SSSR count). The first kappa shape index (κ1) is 18.3. The van der Waals surface area contributed by atoms with Crippen LogP contribution in [0.15, 0.2) is 23.2 Å². The molecule has 24 heavy (non-hydrogen) atoms. The summed E-state index contributed by atoms with van der Waals surface area (Å²) >= 11 is 0. The van der Waals surface area contributed by atoms with Crippen LogP contribution in [0.2, 0.25) is 0 Å². The smallest absolute Gasteiger partial charge is 0.455 e. The number of anilines is 1. The average Bonchev–Trinajstić information content (AvgIpc) is 2.99. The highest BCUT2D eigenvalue weighted by molar-refractivity contribution is 5.92. The highest BCUT2D eigenvalue weighted by Gasteiger charge is 2.71. The van der Waals surface area contributed by atoms with Crippen molar-refractivity contribution in [2.24, 2.45) is 4.99 Å². The van der Waals surface area contributed by atoms with E-state index in [1.54, 1.807) is 0 Å². The van der Waals surface area contributed by atoms with Gasteiger partial charge in [-0.05, 0) is 12.1 Å². The Morgan fingerprint density at radius 2 is 1.79 bits per heavy atom. The monoisotopic (exact) mass is 360 g/mol. The number of rotatable bonds is 3. The van der Waals surface area contributed by atoms with Gasteiger partial charge in [0.1, 0.15) is 12.4 Å². The average molecular weight is 360 g/mol. The number of hydrogen-bond donors (Lipinski definition) is 1. The number of aliphatic hydroxyl groups is 1. The second-order valence-electron chi connectivity index (χ2n) is 4.93. The van der Waals surface area contributed by atoms with Crippen LogP contribution in [0.1, 0.15) is 5.56 Å². The Kier molecular flexibility index (Phi) is 4.42. The largest absolute Gasteiger partial charge is 0.463 e. The molecular weight excluding hydrogens is 349 g/mol. The SMILES string of the molecule is CN(C1=NCCO1)c1ccc(C(F)(F)C(O)(F)C(F)(F)F)cc1F. The Bertz CT molecular complexity index is 658. The summed E-state index contributed by atoms with van der Waals surface area (Å²) in [5.41, 5.74) is -2.00. The van der Waals surface area contributed by atoms with Crippen molar-refractivity contribution in [3.05, 3.63) is 29.6 Å². The predicted octanol–water partition coefficient (Wildman–Crippen LogP) is 2.96. The zero-order chi connectivity index (χ0) is 18.3. The highest BCUT2D eigenvalue weighted by Crippen LogP contribution is 2.49. The summed E-state index contributed by atoms with van der Waals surface area (Å²) in [6.45, 7) is 0.538. The van der Waals surface area contributed by atoms with Crippen molar-refractivity contribution >= 4 is 11.7 Å². The zero-order valence-corrected chi connectivity index (χ0v) is 12.0. The van der Waals surface area contributed by atoms with Crippen molar-refractivity contribution in [1.82, 2.24) is 0 Å². The molecule has 1 aliphatic heterocycles. The van der Waals surface area contributed by atoms with Crippen LogP contribution in [0.25, 0.3) is 0 Å². The molecule has 0 fully saturated rings. The van der Waals surface area contributed by atoms with Crippen molar-refractivity contribution < 1.29 is 40.6 Å². The lowest BCUT2D eigenvalue weighted by atomic mass is 10.00. The summed E-state index contributed by atoms with van der Waals surface area (Å²) in [5.74, 6) is -12.6. The molecule has 1 heterocycles. The first-order valence-corrected chi connectivity index (χ1v) is 6.46. The van der Waals surface area contributed by atoms with E-state index in [0.717, 1.165) is 4.90 Å². The molecule has 0 spiro atoms. The Hall–Kier alpha value is -2.04. The Morgan fingerprint density at radius 1 is 1.17 bits per heavy atom. The molecule has 1 atom stereocenters. The maximum absolute atomic E-state index is 14.0. The van der Waals surface area contributed by atoms with Gasteiger partial charge in [0, 0.05) is 12.6 Å². The maximum Gasteiger partial charge on any atom is 0.455 e. The van der Waals surface area contributed by atoms with Crippen molar-refractivity contribution in [2.45, 2.75) is 18.0 Å². The van der Waals surface area contributed by atoms with Crippen molar-refractivity contribution in [3.63, 3.8) is 0 Å². The predicted molar refractivity (Wildman–Crippen MR) is 69.1 cm³/mol. The maximum atomic E-state index is 14.0. The molecule has 1 unspecified atom stereocenters. The Balaban J connectivity index is 2.38. The van der Waals surface area contributed by atoms with E-state index >= 15 is 0 Å². The van der Waals surface area contributed by atoms with Gasteiger partial charge in [0.2, 0.25) is 0 Å². The lowest BCUT2D eigenvalue weighted by Crippen LogP contribution is -2.53. The normalized spacial score (nSPS) is 18.0. The van der Waals surface area contributed by atoms with Crippen LogP contribution in [-0.4, -0.2) is 43.4 Å². The number of benzene rings is 1. The van der Waals surface area contributed by atoms with Gasteiger partial charge in [-0.25, -0.2) is 9.38 Å². The summed E-state index contributed by atoms with van der Waals surface area (Å²) in [7, 11) is 1.29. The van der Waals surface area contributed by atoms with Gasteiger partial charge in [0.05, 0.1) is 12.2 Å². The molecule has 4 nitrogen and oxygen atoms in total. The second kappa shape index (κ2) is 5.80. The highest BCUT2D eigenvalue weighted by atomic mass is 19.4. The summed E-state index contributed by atoms with van der Waals surface area (Å²) in [6, 6.07) is 1.08. The fourth-order valence-electron chi connectivity index (χ4n) is 1.97. The molecule has 1 N–H and O–H groups in total. The summed E-state index contributed by atoms with van der Waals surface area (Å²) in [4.78, 5) is 4.90. The van der Waals surface area contributed by atoms with Gasteiger partial charge in [0.25, 0.3) is 6.02 Å². The molecule has 1 aromatic carbocycles. The number of alkyl halides is 6. The fraction of sp³-hybridized carbons (Fsp3) is 0.462. The number of hydrogen-bond acceptors (Lipinski definition) is 4. The third kappa shape index (κ3) is 2.87. The van der Waals surface area contributed by atoms with E-state index in [1.807, 2.05) is 0 Å².